The van der Waals surface area contributed by atoms with E-state index in [0.29, 0.717) is 5.92 Å². The first-order valence-corrected chi connectivity index (χ1v) is 14.4. The molecule has 3 N–H and O–H groups in total. The van der Waals surface area contributed by atoms with Crippen molar-refractivity contribution >= 4 is 17.9 Å². The van der Waals surface area contributed by atoms with Crippen LogP contribution in [0.25, 0.3) is 0 Å². The predicted octanol–water partition coefficient (Wildman–Crippen LogP) is 4.34. The zero-order valence-corrected chi connectivity index (χ0v) is 23.0. The van der Waals surface area contributed by atoms with Crippen LogP contribution in [0.1, 0.15) is 80.1 Å². The van der Waals surface area contributed by atoms with Gasteiger partial charge < -0.3 is 25.2 Å². The van der Waals surface area contributed by atoms with Gasteiger partial charge in [-0.15, -0.1) is 0 Å². The minimum atomic E-state index is -1.09. The van der Waals surface area contributed by atoms with Crippen LogP contribution in [0.5, 0.6) is 0 Å². The van der Waals surface area contributed by atoms with Gasteiger partial charge in [-0.25, -0.2) is 14.6 Å². The van der Waals surface area contributed by atoms with Crippen molar-refractivity contribution in [3.8, 4) is 0 Å². The highest BCUT2D eigenvalue weighted by molar-refractivity contribution is 5.79. The van der Waals surface area contributed by atoms with Gasteiger partial charge in [0.25, 0.3) is 0 Å². The lowest BCUT2D eigenvalue weighted by molar-refractivity contribution is -0.140. The highest BCUT2D eigenvalue weighted by Gasteiger charge is 2.35. The SMILES string of the molecule is Cc1cc(C)n([C@@H]2CCC[C@H]2OC(=O)N[C@@H](CCO[C@H]2C[C@H](CCc3ccc4c(n3)NCCC4)C2)C(=O)O)n1. The van der Waals surface area contributed by atoms with Gasteiger partial charge in [0.2, 0.25) is 0 Å². The number of carbonyl (C=O) groups excluding carboxylic acids is 1. The molecule has 2 aliphatic carbocycles. The Bertz CT molecular complexity index is 1160. The van der Waals surface area contributed by atoms with Crippen LogP contribution in [0.3, 0.4) is 0 Å². The third-order valence-electron chi connectivity index (χ3n) is 8.34. The lowest BCUT2D eigenvalue weighted by Crippen LogP contribution is -2.44. The second-order valence-electron chi connectivity index (χ2n) is 11.3. The third-order valence-corrected chi connectivity index (χ3v) is 8.34. The summed E-state index contributed by atoms with van der Waals surface area (Å²) in [5.41, 5.74) is 4.40. The average Bonchev–Trinajstić information content (AvgIpc) is 3.48. The van der Waals surface area contributed by atoms with E-state index in [4.69, 9.17) is 14.5 Å². The number of hydrogen-bond acceptors (Lipinski definition) is 7. The van der Waals surface area contributed by atoms with Crippen LogP contribution in [0.4, 0.5) is 10.6 Å². The van der Waals surface area contributed by atoms with Crippen LogP contribution in [-0.4, -0.2) is 63.3 Å². The van der Waals surface area contributed by atoms with Crippen molar-refractivity contribution in [2.45, 2.75) is 102 Å². The highest BCUT2D eigenvalue weighted by atomic mass is 16.6. The fourth-order valence-corrected chi connectivity index (χ4v) is 6.14. The van der Waals surface area contributed by atoms with Crippen LogP contribution in [-0.2, 0) is 27.1 Å². The highest BCUT2D eigenvalue weighted by Crippen LogP contribution is 2.35. The Morgan fingerprint density at radius 3 is 2.85 bits per heavy atom. The lowest BCUT2D eigenvalue weighted by Gasteiger charge is -2.35. The van der Waals surface area contributed by atoms with Gasteiger partial charge in [0.15, 0.2) is 0 Å². The Balaban J connectivity index is 1.000. The fourth-order valence-electron chi connectivity index (χ4n) is 6.14. The van der Waals surface area contributed by atoms with E-state index < -0.39 is 18.1 Å². The van der Waals surface area contributed by atoms with E-state index in [9.17, 15) is 14.7 Å². The molecule has 2 saturated carbocycles. The largest absolute Gasteiger partial charge is 0.480 e. The molecule has 5 rings (SSSR count). The number of fused-ring (bicyclic) bond motifs is 1. The van der Waals surface area contributed by atoms with Crippen LogP contribution >= 0.6 is 0 Å². The first-order valence-electron chi connectivity index (χ1n) is 14.4. The summed E-state index contributed by atoms with van der Waals surface area (Å²) >= 11 is 0. The molecule has 10 heteroatoms. The van der Waals surface area contributed by atoms with E-state index in [0.717, 1.165) is 87.2 Å². The Labute approximate surface area is 229 Å². The number of pyridine rings is 1. The first-order chi connectivity index (χ1) is 18.9. The number of rotatable bonds is 11. The second kappa shape index (κ2) is 12.4. The lowest BCUT2D eigenvalue weighted by atomic mass is 9.79. The van der Waals surface area contributed by atoms with Crippen molar-refractivity contribution in [1.82, 2.24) is 20.1 Å². The number of aromatic nitrogens is 3. The van der Waals surface area contributed by atoms with E-state index in [1.54, 1.807) is 0 Å². The quantitative estimate of drug-likeness (QED) is 0.385. The zero-order valence-electron chi connectivity index (χ0n) is 23.0. The number of nitrogens with one attached hydrogen (secondary N) is 2. The smallest absolute Gasteiger partial charge is 0.408 e. The van der Waals surface area contributed by atoms with Gasteiger partial charge >= 0.3 is 12.1 Å². The molecule has 2 fully saturated rings. The minimum absolute atomic E-state index is 0.0256. The van der Waals surface area contributed by atoms with Crippen molar-refractivity contribution in [3.63, 3.8) is 0 Å². The maximum absolute atomic E-state index is 12.6. The van der Waals surface area contributed by atoms with Gasteiger partial charge in [-0.3, -0.25) is 4.68 Å². The van der Waals surface area contributed by atoms with Crippen molar-refractivity contribution in [3.05, 3.63) is 40.8 Å². The summed E-state index contributed by atoms with van der Waals surface area (Å²) in [6.45, 7) is 5.21. The molecule has 0 saturated heterocycles. The molecular formula is C29H41N5O5. The van der Waals surface area contributed by atoms with E-state index in [-0.39, 0.29) is 31.3 Å². The van der Waals surface area contributed by atoms with Crippen LogP contribution in [0.15, 0.2) is 18.2 Å². The molecule has 0 unspecified atom stereocenters. The number of carboxylic acid groups (broad SMARTS) is 1. The van der Waals surface area contributed by atoms with Crippen molar-refractivity contribution in [1.29, 1.82) is 0 Å². The van der Waals surface area contributed by atoms with Gasteiger partial charge in [0.1, 0.15) is 18.0 Å². The number of hydrogen-bond donors (Lipinski definition) is 3. The zero-order chi connectivity index (χ0) is 27.4. The summed E-state index contributed by atoms with van der Waals surface area (Å²) in [4.78, 5) is 29.1. The normalized spacial score (nSPS) is 24.8. The topological polar surface area (TPSA) is 128 Å². The van der Waals surface area contributed by atoms with Crippen LogP contribution in [0, 0.1) is 19.8 Å². The molecule has 3 aliphatic rings. The molecule has 0 spiro atoms. The number of anilines is 1. The van der Waals surface area contributed by atoms with Gasteiger partial charge in [-0.1, -0.05) is 6.07 Å². The molecule has 2 aromatic rings. The average molecular weight is 540 g/mol. The first kappa shape index (κ1) is 27.4. The molecule has 39 heavy (non-hydrogen) atoms. The molecule has 1 amide bonds. The minimum Gasteiger partial charge on any atom is -0.480 e. The number of aryl methyl sites for hydroxylation is 4. The monoisotopic (exact) mass is 539 g/mol. The number of nitrogens with zero attached hydrogens (tertiary/aromatic N) is 3. The van der Waals surface area contributed by atoms with Gasteiger partial charge in [0, 0.05) is 31.0 Å². The van der Waals surface area contributed by atoms with E-state index in [1.807, 2.05) is 24.6 Å². The molecular weight excluding hydrogens is 498 g/mol. The summed E-state index contributed by atoms with van der Waals surface area (Å²) in [5.74, 6) is 0.562. The van der Waals surface area contributed by atoms with E-state index >= 15 is 0 Å². The standard InChI is InChI=1S/C29H41N5O5/c1-18-15-19(2)34(33-18)25-6-3-7-26(25)39-29(37)32-24(28(35)36)12-14-38-23-16-20(17-23)8-10-22-11-9-21-5-4-13-30-27(21)31-22/h9,11,15,20,23-26H,3-8,10,12-14,16-17H2,1-2H3,(H,30,31)(H,32,37)(H,35,36)/t20-,23-,24-,25+,26+/m0/s1. The number of alkyl carbamates (subject to hydrolysis) is 1. The molecule has 3 atom stereocenters. The molecule has 3 heterocycles. The summed E-state index contributed by atoms with van der Waals surface area (Å²) in [7, 11) is 0. The van der Waals surface area contributed by atoms with Crippen molar-refractivity contribution in [2.75, 3.05) is 18.5 Å². The molecule has 0 radical (unpaired) electrons. The molecule has 10 nitrogen and oxygen atoms in total. The van der Waals surface area contributed by atoms with Crippen LogP contribution < -0.4 is 10.6 Å². The number of aliphatic carboxylic acids is 1. The molecule has 1 aliphatic heterocycles. The third kappa shape index (κ3) is 6.90. The van der Waals surface area contributed by atoms with Crippen molar-refractivity contribution < 1.29 is 24.2 Å². The molecule has 212 valence electrons. The van der Waals surface area contributed by atoms with E-state index in [2.05, 4.69) is 27.9 Å². The molecule has 2 aromatic heterocycles. The number of carboxylic acids is 1. The van der Waals surface area contributed by atoms with E-state index in [1.165, 1.54) is 5.56 Å². The van der Waals surface area contributed by atoms with Crippen LogP contribution in [0.2, 0.25) is 0 Å². The molecule has 0 aromatic carbocycles. The summed E-state index contributed by atoms with van der Waals surface area (Å²) < 4.78 is 13.5. The second-order valence-corrected chi connectivity index (χ2v) is 11.3. The number of carbonyl (C=O) groups is 2. The Morgan fingerprint density at radius 1 is 1.23 bits per heavy atom. The Morgan fingerprint density at radius 2 is 2.08 bits per heavy atom. The van der Waals surface area contributed by atoms with Crippen molar-refractivity contribution in [2.24, 2.45) is 5.92 Å². The summed E-state index contributed by atoms with van der Waals surface area (Å²) in [6, 6.07) is 5.28. The maximum Gasteiger partial charge on any atom is 0.408 e. The van der Waals surface area contributed by atoms with Gasteiger partial charge in [0.05, 0.1) is 17.8 Å². The summed E-state index contributed by atoms with van der Waals surface area (Å²) in [6.07, 6.45) is 8.12. The number of ether oxygens (including phenoxy) is 2. The summed E-state index contributed by atoms with van der Waals surface area (Å²) in [5, 5.41) is 20.1. The number of amides is 1. The Kier molecular flexibility index (Phi) is 8.69. The Hall–Kier alpha value is -3.14. The predicted molar refractivity (Wildman–Crippen MR) is 146 cm³/mol. The van der Waals surface area contributed by atoms with Gasteiger partial charge in [-0.2, -0.15) is 5.10 Å². The maximum atomic E-state index is 12.6. The fraction of sp³-hybridized carbons (Fsp3) is 0.655. The van der Waals surface area contributed by atoms with Gasteiger partial charge in [-0.05, 0) is 95.2 Å². The molecule has 0 bridgehead atoms.